The summed E-state index contributed by atoms with van der Waals surface area (Å²) in [5.41, 5.74) is 0. The maximum absolute atomic E-state index is 12.4. The highest BCUT2D eigenvalue weighted by atomic mass is 16.4. The van der Waals surface area contributed by atoms with Crippen molar-refractivity contribution in [2.24, 2.45) is 11.8 Å². The van der Waals surface area contributed by atoms with E-state index in [1.807, 2.05) is 6.92 Å². The van der Waals surface area contributed by atoms with Crippen LogP contribution in [0.2, 0.25) is 0 Å². The van der Waals surface area contributed by atoms with Crippen molar-refractivity contribution in [1.82, 2.24) is 9.80 Å². The molecule has 2 N–H and O–H groups in total. The molecule has 0 radical (unpaired) electrons. The first-order chi connectivity index (χ1) is 9.02. The number of aliphatic hydroxyl groups excluding tert-OH is 1. The Kier molecular flexibility index (Phi) is 4.29. The third kappa shape index (κ3) is 3.00. The Hall–Kier alpha value is -1.30. The average Bonchev–Trinajstić information content (AvgIpc) is 2.86. The van der Waals surface area contributed by atoms with Gasteiger partial charge in [0.15, 0.2) is 0 Å². The molecule has 3 atom stereocenters. The van der Waals surface area contributed by atoms with Crippen LogP contribution < -0.4 is 0 Å². The molecule has 0 aromatic rings. The molecule has 0 bridgehead atoms. The van der Waals surface area contributed by atoms with Gasteiger partial charge in [0.25, 0.3) is 0 Å². The number of nitrogens with zero attached hydrogens (tertiary/aromatic N) is 2. The van der Waals surface area contributed by atoms with E-state index in [1.54, 1.807) is 9.80 Å². The highest BCUT2D eigenvalue weighted by molar-refractivity contribution is 5.76. The number of hydrogen-bond acceptors (Lipinski definition) is 3. The number of piperidine rings is 1. The molecule has 2 aliphatic rings. The zero-order valence-corrected chi connectivity index (χ0v) is 11.3. The summed E-state index contributed by atoms with van der Waals surface area (Å²) in [7, 11) is 0. The summed E-state index contributed by atoms with van der Waals surface area (Å²) in [5, 5.41) is 18.1. The van der Waals surface area contributed by atoms with Gasteiger partial charge in [0.2, 0.25) is 0 Å². The summed E-state index contributed by atoms with van der Waals surface area (Å²) in [6.45, 7) is 3.85. The molecular weight excluding hydrogens is 248 g/mol. The van der Waals surface area contributed by atoms with Crippen LogP contribution in [-0.4, -0.2) is 64.3 Å². The van der Waals surface area contributed by atoms with Gasteiger partial charge in [-0.2, -0.15) is 0 Å². The number of carbonyl (C=O) groups is 2. The molecule has 0 spiro atoms. The minimum absolute atomic E-state index is 0.00714. The van der Waals surface area contributed by atoms with E-state index < -0.39 is 5.97 Å². The fourth-order valence-electron chi connectivity index (χ4n) is 3.02. The third-order valence-corrected chi connectivity index (χ3v) is 4.29. The minimum Gasteiger partial charge on any atom is -0.481 e. The second-order valence-electron chi connectivity index (χ2n) is 5.67. The standard InChI is InChI=1S/C13H22N2O4/c1-9-6-11(12(17)18)3-5-15(9)13(19)14-4-2-10(7-14)8-16/h9-11,16H,2-8H2,1H3,(H,17,18). The Morgan fingerprint density at radius 3 is 2.53 bits per heavy atom. The van der Waals surface area contributed by atoms with Gasteiger partial charge in [-0.15, -0.1) is 0 Å². The number of amides is 2. The number of rotatable bonds is 2. The predicted octanol–water partition coefficient (Wildman–Crippen LogP) is 0.606. The molecule has 2 heterocycles. The zero-order chi connectivity index (χ0) is 14.0. The van der Waals surface area contributed by atoms with Crippen molar-refractivity contribution in [2.75, 3.05) is 26.2 Å². The molecule has 0 aromatic heterocycles. The van der Waals surface area contributed by atoms with Crippen LogP contribution in [0.3, 0.4) is 0 Å². The Bertz CT molecular complexity index is 361. The maximum Gasteiger partial charge on any atom is 0.320 e. The second-order valence-corrected chi connectivity index (χ2v) is 5.67. The van der Waals surface area contributed by atoms with Crippen LogP contribution >= 0.6 is 0 Å². The molecule has 2 amide bonds. The number of carbonyl (C=O) groups excluding carboxylic acids is 1. The van der Waals surface area contributed by atoms with Crippen LogP contribution in [0.1, 0.15) is 26.2 Å². The van der Waals surface area contributed by atoms with Crippen molar-refractivity contribution in [3.63, 3.8) is 0 Å². The Labute approximate surface area is 113 Å². The molecule has 19 heavy (non-hydrogen) atoms. The van der Waals surface area contributed by atoms with E-state index in [9.17, 15) is 9.59 Å². The van der Waals surface area contributed by atoms with Crippen LogP contribution in [0.5, 0.6) is 0 Å². The summed E-state index contributed by atoms with van der Waals surface area (Å²) in [6.07, 6.45) is 1.91. The Morgan fingerprint density at radius 1 is 1.26 bits per heavy atom. The average molecular weight is 270 g/mol. The summed E-state index contributed by atoms with van der Waals surface area (Å²) in [4.78, 5) is 26.9. The molecule has 0 aromatic carbocycles. The number of urea groups is 1. The fourth-order valence-corrected chi connectivity index (χ4v) is 3.02. The van der Waals surface area contributed by atoms with E-state index in [0.717, 1.165) is 6.42 Å². The zero-order valence-electron chi connectivity index (χ0n) is 11.3. The summed E-state index contributed by atoms with van der Waals surface area (Å²) < 4.78 is 0. The van der Waals surface area contributed by atoms with Crippen LogP contribution in [0.4, 0.5) is 4.79 Å². The van der Waals surface area contributed by atoms with Gasteiger partial charge >= 0.3 is 12.0 Å². The monoisotopic (exact) mass is 270 g/mol. The number of aliphatic carboxylic acids is 1. The molecule has 3 unspecified atom stereocenters. The summed E-state index contributed by atoms with van der Waals surface area (Å²) in [6, 6.07) is -0.0391. The molecule has 2 saturated heterocycles. The van der Waals surface area contributed by atoms with Crippen LogP contribution in [0.15, 0.2) is 0 Å². The van der Waals surface area contributed by atoms with Gasteiger partial charge in [-0.1, -0.05) is 0 Å². The molecular formula is C13H22N2O4. The smallest absolute Gasteiger partial charge is 0.320 e. The molecule has 2 rings (SSSR count). The molecule has 2 fully saturated rings. The first kappa shape index (κ1) is 14.1. The van der Waals surface area contributed by atoms with Gasteiger partial charge in [0, 0.05) is 38.2 Å². The van der Waals surface area contributed by atoms with Crippen LogP contribution in [-0.2, 0) is 4.79 Å². The van der Waals surface area contributed by atoms with Crippen molar-refractivity contribution in [3.05, 3.63) is 0 Å². The first-order valence-electron chi connectivity index (χ1n) is 6.92. The van der Waals surface area contributed by atoms with Crippen LogP contribution in [0, 0.1) is 11.8 Å². The SMILES string of the molecule is CC1CC(C(=O)O)CCN1C(=O)N1CCC(CO)C1. The van der Waals surface area contributed by atoms with Crippen molar-refractivity contribution in [2.45, 2.75) is 32.2 Å². The molecule has 108 valence electrons. The first-order valence-corrected chi connectivity index (χ1v) is 6.92. The lowest BCUT2D eigenvalue weighted by molar-refractivity contribution is -0.143. The number of likely N-dealkylation sites (tertiary alicyclic amines) is 2. The fraction of sp³-hybridized carbons (Fsp3) is 0.846. The normalized spacial score (nSPS) is 31.6. The molecule has 0 saturated carbocycles. The quantitative estimate of drug-likeness (QED) is 0.770. The van der Waals surface area contributed by atoms with E-state index in [2.05, 4.69) is 0 Å². The van der Waals surface area contributed by atoms with Gasteiger partial charge < -0.3 is 20.0 Å². The number of carboxylic acids is 1. The van der Waals surface area contributed by atoms with Gasteiger partial charge in [-0.25, -0.2) is 4.79 Å². The Balaban J connectivity index is 1.92. The van der Waals surface area contributed by atoms with E-state index >= 15 is 0 Å². The lowest BCUT2D eigenvalue weighted by Gasteiger charge is -2.38. The number of carboxylic acid groups (broad SMARTS) is 1. The minimum atomic E-state index is -0.763. The van der Waals surface area contributed by atoms with Crippen molar-refractivity contribution in [3.8, 4) is 0 Å². The summed E-state index contributed by atoms with van der Waals surface area (Å²) in [5.74, 6) is -0.904. The molecule has 2 aliphatic heterocycles. The van der Waals surface area contributed by atoms with E-state index in [0.29, 0.717) is 32.5 Å². The maximum atomic E-state index is 12.4. The van der Waals surface area contributed by atoms with E-state index in [-0.39, 0.29) is 30.5 Å². The second kappa shape index (κ2) is 5.77. The number of aliphatic hydroxyl groups is 1. The molecule has 6 heteroatoms. The van der Waals surface area contributed by atoms with Gasteiger partial charge in [0.1, 0.15) is 0 Å². The van der Waals surface area contributed by atoms with Gasteiger partial charge in [-0.05, 0) is 26.2 Å². The highest BCUT2D eigenvalue weighted by Gasteiger charge is 2.36. The summed E-state index contributed by atoms with van der Waals surface area (Å²) >= 11 is 0. The van der Waals surface area contributed by atoms with Crippen LogP contribution in [0.25, 0.3) is 0 Å². The van der Waals surface area contributed by atoms with E-state index in [1.165, 1.54) is 0 Å². The molecule has 0 aliphatic carbocycles. The predicted molar refractivity (Wildman–Crippen MR) is 68.7 cm³/mol. The topological polar surface area (TPSA) is 81.1 Å². The number of hydrogen-bond donors (Lipinski definition) is 2. The third-order valence-electron chi connectivity index (χ3n) is 4.29. The van der Waals surface area contributed by atoms with Crippen molar-refractivity contribution >= 4 is 12.0 Å². The van der Waals surface area contributed by atoms with Crippen molar-refractivity contribution < 1.29 is 19.8 Å². The highest BCUT2D eigenvalue weighted by Crippen LogP contribution is 2.26. The lowest BCUT2D eigenvalue weighted by atomic mass is 9.92. The largest absolute Gasteiger partial charge is 0.481 e. The van der Waals surface area contributed by atoms with Crippen molar-refractivity contribution in [1.29, 1.82) is 0 Å². The van der Waals surface area contributed by atoms with Gasteiger partial charge in [-0.3, -0.25) is 4.79 Å². The molecule has 6 nitrogen and oxygen atoms in total. The Morgan fingerprint density at radius 2 is 2.00 bits per heavy atom. The van der Waals surface area contributed by atoms with E-state index in [4.69, 9.17) is 10.2 Å². The van der Waals surface area contributed by atoms with Gasteiger partial charge in [0.05, 0.1) is 5.92 Å². The lowest BCUT2D eigenvalue weighted by Crippen LogP contribution is -2.51.